The van der Waals surface area contributed by atoms with E-state index in [4.69, 9.17) is 16.4 Å². The van der Waals surface area contributed by atoms with Crippen LogP contribution in [0.5, 0.6) is 5.75 Å². The molecule has 2 aromatic heterocycles. The van der Waals surface area contributed by atoms with Gasteiger partial charge in [0.1, 0.15) is 11.4 Å². The Morgan fingerprint density at radius 2 is 1.79 bits per heavy atom. The molecule has 0 amide bonds. The van der Waals surface area contributed by atoms with Crippen molar-refractivity contribution in [2.75, 3.05) is 7.11 Å². The molecule has 7 heteroatoms. The summed E-state index contributed by atoms with van der Waals surface area (Å²) in [4.78, 5) is 7.86. The third kappa shape index (κ3) is 2.50. The van der Waals surface area contributed by atoms with E-state index < -0.39 is 0 Å². The summed E-state index contributed by atoms with van der Waals surface area (Å²) >= 11 is 0. The lowest BCUT2D eigenvalue weighted by atomic mass is 9.95. The zero-order valence-corrected chi connectivity index (χ0v) is 15.2. The van der Waals surface area contributed by atoms with E-state index in [9.17, 15) is 0 Å². The molecule has 0 spiro atoms. The number of nitrogens with zero attached hydrogens (tertiary/aromatic N) is 6. The maximum absolute atomic E-state index is 7.09. The van der Waals surface area contributed by atoms with Gasteiger partial charge in [-0.1, -0.05) is 36.4 Å². The van der Waals surface area contributed by atoms with Gasteiger partial charge in [-0.05, 0) is 30.5 Å². The summed E-state index contributed by atoms with van der Waals surface area (Å²) in [5, 5.41) is 13.4. The Balaban J connectivity index is 1.59. The number of hydrogen-bond donors (Lipinski definition) is 0. The Labute approximate surface area is 161 Å². The van der Waals surface area contributed by atoms with Gasteiger partial charge in [0.15, 0.2) is 11.5 Å². The van der Waals surface area contributed by atoms with Crippen molar-refractivity contribution < 1.29 is 4.74 Å². The van der Waals surface area contributed by atoms with Gasteiger partial charge in [0, 0.05) is 5.56 Å². The van der Waals surface area contributed by atoms with E-state index in [0.29, 0.717) is 11.5 Å². The number of aromatic nitrogens is 5. The Kier molecular flexibility index (Phi) is 3.59. The van der Waals surface area contributed by atoms with Crippen molar-refractivity contribution in [1.82, 2.24) is 24.8 Å². The Morgan fingerprint density at radius 3 is 2.43 bits per heavy atom. The van der Waals surface area contributed by atoms with E-state index >= 15 is 0 Å². The predicted octanol–water partition coefficient (Wildman–Crippen LogP) is 3.83. The van der Waals surface area contributed by atoms with Crippen molar-refractivity contribution in [2.45, 2.75) is 18.3 Å². The number of methoxy groups -OCH3 is 1. The van der Waals surface area contributed by atoms with Crippen LogP contribution in [0.1, 0.15) is 24.2 Å². The summed E-state index contributed by atoms with van der Waals surface area (Å²) in [6.07, 6.45) is 3.67. The molecular weight excluding hydrogens is 352 g/mol. The van der Waals surface area contributed by atoms with Gasteiger partial charge in [-0.3, -0.25) is 0 Å². The molecule has 2 aromatic carbocycles. The molecule has 0 aliphatic heterocycles. The minimum absolute atomic E-state index is 0.188. The van der Waals surface area contributed by atoms with Gasteiger partial charge in [0.05, 0.1) is 25.3 Å². The minimum Gasteiger partial charge on any atom is -0.497 e. The van der Waals surface area contributed by atoms with Gasteiger partial charge in [0.2, 0.25) is 0 Å². The highest BCUT2D eigenvalue weighted by atomic mass is 16.5. The number of hydrogen-bond acceptors (Lipinski definition) is 5. The van der Waals surface area contributed by atoms with Crippen LogP contribution in [0.4, 0.5) is 5.69 Å². The topological polar surface area (TPSA) is 69.6 Å². The van der Waals surface area contributed by atoms with Crippen LogP contribution >= 0.6 is 0 Å². The van der Waals surface area contributed by atoms with Gasteiger partial charge in [-0.2, -0.15) is 9.61 Å². The number of benzene rings is 2. The molecule has 0 radical (unpaired) electrons. The van der Waals surface area contributed by atoms with Crippen LogP contribution in [0.25, 0.3) is 21.9 Å². The van der Waals surface area contributed by atoms with Crippen molar-refractivity contribution in [2.24, 2.45) is 0 Å². The third-order valence-corrected chi connectivity index (χ3v) is 5.25. The molecule has 4 aromatic rings. The highest BCUT2D eigenvalue weighted by Gasteiger charge is 2.50. The average molecular weight is 368 g/mol. The van der Waals surface area contributed by atoms with E-state index in [1.165, 1.54) is 5.56 Å². The molecular formula is C21H16N6O. The van der Waals surface area contributed by atoms with Crippen LogP contribution in [0.15, 0.2) is 54.7 Å². The van der Waals surface area contributed by atoms with E-state index in [-0.39, 0.29) is 5.41 Å². The summed E-state index contributed by atoms with van der Waals surface area (Å²) in [6.45, 7) is 7.09. The molecule has 5 rings (SSSR count). The second kappa shape index (κ2) is 6.13. The summed E-state index contributed by atoms with van der Waals surface area (Å²) in [7, 11) is 1.66. The molecule has 1 aliphatic rings. The van der Waals surface area contributed by atoms with Crippen LogP contribution in [0.2, 0.25) is 0 Å². The fraction of sp³-hybridized carbons (Fsp3) is 0.190. The normalized spacial score (nSPS) is 14.6. The Morgan fingerprint density at radius 1 is 1.04 bits per heavy atom. The van der Waals surface area contributed by atoms with E-state index in [1.807, 2.05) is 24.3 Å². The molecule has 1 saturated carbocycles. The average Bonchev–Trinajstić information content (AvgIpc) is 3.46. The summed E-state index contributed by atoms with van der Waals surface area (Å²) in [6, 6.07) is 15.4. The second-order valence-electron chi connectivity index (χ2n) is 6.85. The van der Waals surface area contributed by atoms with Crippen molar-refractivity contribution in [3.05, 3.63) is 77.5 Å². The quantitative estimate of drug-likeness (QED) is 0.512. The molecule has 0 bridgehead atoms. The van der Waals surface area contributed by atoms with Crippen LogP contribution in [0, 0.1) is 6.57 Å². The summed E-state index contributed by atoms with van der Waals surface area (Å²) < 4.78 is 7.02. The standard InChI is InChI=1S/C21H16N6O/c1-22-16-7-3-14(4-8-16)18-13-23-20-25-24-19(27(20)26-18)21(11-12-21)15-5-9-17(28-2)10-6-15/h3-10,13H,11-12H2,2H3. The van der Waals surface area contributed by atoms with Crippen molar-refractivity contribution in [3.63, 3.8) is 0 Å². The SMILES string of the molecule is [C-]#[N+]c1ccc(-c2cnc3nnc(C4(c5ccc(OC)cc5)CC4)n3n2)cc1. The number of rotatable bonds is 4. The zero-order chi connectivity index (χ0) is 19.1. The van der Waals surface area contributed by atoms with E-state index in [0.717, 1.165) is 35.7 Å². The highest BCUT2D eigenvalue weighted by Crippen LogP contribution is 2.52. The lowest BCUT2D eigenvalue weighted by Gasteiger charge is -2.14. The van der Waals surface area contributed by atoms with E-state index in [2.05, 4.69) is 32.2 Å². The van der Waals surface area contributed by atoms with Crippen molar-refractivity contribution >= 4 is 11.5 Å². The first-order valence-electron chi connectivity index (χ1n) is 8.95. The summed E-state index contributed by atoms with van der Waals surface area (Å²) in [5.74, 6) is 2.12. The molecule has 1 fully saturated rings. The van der Waals surface area contributed by atoms with Crippen LogP contribution in [0.3, 0.4) is 0 Å². The first-order chi connectivity index (χ1) is 13.7. The Hall–Kier alpha value is -3.79. The lowest BCUT2D eigenvalue weighted by Crippen LogP contribution is -2.15. The molecule has 2 heterocycles. The van der Waals surface area contributed by atoms with Gasteiger partial charge >= 0.3 is 0 Å². The fourth-order valence-electron chi connectivity index (χ4n) is 3.51. The monoisotopic (exact) mass is 368 g/mol. The molecule has 0 saturated heterocycles. The molecule has 0 atom stereocenters. The van der Waals surface area contributed by atoms with Gasteiger partial charge in [-0.25, -0.2) is 9.83 Å². The maximum Gasteiger partial charge on any atom is 0.271 e. The fourth-order valence-corrected chi connectivity index (χ4v) is 3.51. The van der Waals surface area contributed by atoms with Gasteiger partial charge < -0.3 is 4.74 Å². The minimum atomic E-state index is -0.188. The maximum atomic E-state index is 7.09. The first-order valence-corrected chi connectivity index (χ1v) is 8.95. The van der Waals surface area contributed by atoms with Gasteiger partial charge in [-0.15, -0.1) is 10.2 Å². The first kappa shape index (κ1) is 16.4. The van der Waals surface area contributed by atoms with Crippen molar-refractivity contribution in [3.8, 4) is 17.0 Å². The molecule has 28 heavy (non-hydrogen) atoms. The third-order valence-electron chi connectivity index (χ3n) is 5.25. The molecule has 0 N–H and O–H groups in total. The van der Waals surface area contributed by atoms with Crippen LogP contribution < -0.4 is 4.74 Å². The predicted molar refractivity (Wildman–Crippen MR) is 103 cm³/mol. The largest absolute Gasteiger partial charge is 0.497 e. The van der Waals surface area contributed by atoms with Gasteiger partial charge in [0.25, 0.3) is 5.78 Å². The molecule has 136 valence electrons. The van der Waals surface area contributed by atoms with Crippen LogP contribution in [-0.2, 0) is 5.41 Å². The zero-order valence-electron chi connectivity index (χ0n) is 15.2. The van der Waals surface area contributed by atoms with E-state index in [1.54, 1.807) is 30.0 Å². The molecule has 0 unspecified atom stereocenters. The summed E-state index contributed by atoms with van der Waals surface area (Å²) in [5.41, 5.74) is 3.20. The lowest BCUT2D eigenvalue weighted by molar-refractivity contribution is 0.414. The highest BCUT2D eigenvalue weighted by molar-refractivity contribution is 5.62. The Bertz CT molecular complexity index is 1200. The molecule has 7 nitrogen and oxygen atoms in total. The number of fused-ring (bicyclic) bond motifs is 1. The molecule has 1 aliphatic carbocycles. The smallest absolute Gasteiger partial charge is 0.271 e. The second-order valence-corrected chi connectivity index (χ2v) is 6.85. The van der Waals surface area contributed by atoms with Crippen molar-refractivity contribution in [1.29, 1.82) is 0 Å². The van der Waals surface area contributed by atoms with Crippen LogP contribution in [-0.4, -0.2) is 31.9 Å². The number of ether oxygens (including phenoxy) is 1.